The van der Waals surface area contributed by atoms with Gasteiger partial charge >= 0.3 is 0 Å². The van der Waals surface area contributed by atoms with E-state index in [1.165, 1.54) is 0 Å². The molecule has 0 spiro atoms. The molecule has 10 heteroatoms. The average molecular weight is 489 g/mol. The molecule has 3 aromatic rings. The summed E-state index contributed by atoms with van der Waals surface area (Å²) in [6, 6.07) is 17.9. The molecule has 0 fully saturated rings. The van der Waals surface area contributed by atoms with Crippen molar-refractivity contribution in [2.45, 2.75) is 19.0 Å². The van der Waals surface area contributed by atoms with Gasteiger partial charge in [-0.1, -0.05) is 36.4 Å². The Bertz CT molecular complexity index is 1200. The highest BCUT2D eigenvalue weighted by molar-refractivity contribution is 5.88. The maximum atomic E-state index is 13.1. The first kappa shape index (κ1) is 24.7. The first-order valence-corrected chi connectivity index (χ1v) is 11.5. The van der Waals surface area contributed by atoms with Crippen LogP contribution in [0.4, 0.5) is 0 Å². The first-order chi connectivity index (χ1) is 17.6. The summed E-state index contributed by atoms with van der Waals surface area (Å²) >= 11 is 0. The third kappa shape index (κ3) is 6.80. The molecule has 1 aromatic heterocycles. The average Bonchev–Trinajstić information content (AvgIpc) is 3.37. The summed E-state index contributed by atoms with van der Waals surface area (Å²) in [5, 5.41) is 12.3. The minimum absolute atomic E-state index is 0.139. The Morgan fingerprint density at radius 2 is 1.89 bits per heavy atom. The fraction of sp³-hybridized carbons (Fsp3) is 0.231. The third-order valence-corrected chi connectivity index (χ3v) is 5.56. The van der Waals surface area contributed by atoms with E-state index in [2.05, 4.69) is 26.0 Å². The maximum absolute atomic E-state index is 13.1. The number of aromatic nitrogens is 1. The van der Waals surface area contributed by atoms with Crippen LogP contribution in [0.1, 0.15) is 28.4 Å². The molecule has 1 atom stereocenters. The summed E-state index contributed by atoms with van der Waals surface area (Å²) in [4.78, 5) is 29.7. The van der Waals surface area contributed by atoms with Crippen molar-refractivity contribution in [2.75, 3.05) is 19.9 Å². The fourth-order valence-electron chi connectivity index (χ4n) is 3.69. The SMILES string of the molecule is NN=Cc1ccc(CNC(C(=O)NCC(=O)NCCc2ccccn2)c2ccc3c(c2)OCO3)cc1. The van der Waals surface area contributed by atoms with Gasteiger partial charge in [-0.15, -0.1) is 0 Å². The van der Waals surface area contributed by atoms with Gasteiger partial charge in [0.05, 0.1) is 12.8 Å². The lowest BCUT2D eigenvalue weighted by molar-refractivity contribution is -0.127. The van der Waals surface area contributed by atoms with E-state index in [9.17, 15) is 9.59 Å². The van der Waals surface area contributed by atoms with E-state index in [4.69, 9.17) is 15.3 Å². The second-order valence-corrected chi connectivity index (χ2v) is 8.09. The molecule has 4 rings (SSSR count). The highest BCUT2D eigenvalue weighted by Crippen LogP contribution is 2.34. The number of ether oxygens (including phenoxy) is 2. The molecule has 1 aliphatic heterocycles. The predicted octanol–water partition coefficient (Wildman–Crippen LogP) is 1.41. The van der Waals surface area contributed by atoms with Gasteiger partial charge in [-0.05, 0) is 41.0 Å². The molecule has 1 aliphatic rings. The number of nitrogens with two attached hydrogens (primary N) is 1. The molecule has 36 heavy (non-hydrogen) atoms. The number of hydrogen-bond acceptors (Lipinski definition) is 8. The molecular formula is C26H28N6O4. The zero-order chi connectivity index (χ0) is 25.2. The van der Waals surface area contributed by atoms with Gasteiger partial charge in [0.1, 0.15) is 6.04 Å². The van der Waals surface area contributed by atoms with Crippen molar-refractivity contribution in [1.82, 2.24) is 20.9 Å². The van der Waals surface area contributed by atoms with E-state index in [1.54, 1.807) is 30.6 Å². The minimum atomic E-state index is -0.717. The number of benzene rings is 2. The lowest BCUT2D eigenvalue weighted by Crippen LogP contribution is -2.42. The largest absolute Gasteiger partial charge is 0.454 e. The lowest BCUT2D eigenvalue weighted by atomic mass is 10.0. The Balaban J connectivity index is 1.36. The molecule has 0 radical (unpaired) electrons. The van der Waals surface area contributed by atoms with E-state index >= 15 is 0 Å². The number of nitrogens with zero attached hydrogens (tertiary/aromatic N) is 2. The molecule has 0 saturated heterocycles. The van der Waals surface area contributed by atoms with Gasteiger partial charge in [0, 0.05) is 31.4 Å². The van der Waals surface area contributed by atoms with Gasteiger partial charge in [-0.3, -0.25) is 19.9 Å². The van der Waals surface area contributed by atoms with Crippen molar-refractivity contribution >= 4 is 18.0 Å². The van der Waals surface area contributed by atoms with Crippen molar-refractivity contribution in [3.05, 3.63) is 89.2 Å². The predicted molar refractivity (Wildman–Crippen MR) is 134 cm³/mol. The Hall–Kier alpha value is -4.44. The highest BCUT2D eigenvalue weighted by atomic mass is 16.7. The van der Waals surface area contributed by atoms with Crippen molar-refractivity contribution in [1.29, 1.82) is 0 Å². The number of hydrogen-bond donors (Lipinski definition) is 4. The van der Waals surface area contributed by atoms with Gasteiger partial charge < -0.3 is 25.9 Å². The fourth-order valence-corrected chi connectivity index (χ4v) is 3.69. The van der Waals surface area contributed by atoms with Crippen LogP contribution >= 0.6 is 0 Å². The van der Waals surface area contributed by atoms with Crippen molar-refractivity contribution in [3.8, 4) is 11.5 Å². The zero-order valence-electron chi connectivity index (χ0n) is 19.6. The Morgan fingerprint density at radius 3 is 2.67 bits per heavy atom. The zero-order valence-corrected chi connectivity index (χ0v) is 19.6. The maximum Gasteiger partial charge on any atom is 0.242 e. The van der Waals surface area contributed by atoms with E-state index in [0.717, 1.165) is 16.8 Å². The van der Waals surface area contributed by atoms with Crippen LogP contribution in [0, 0.1) is 0 Å². The van der Waals surface area contributed by atoms with Gasteiger partial charge in [-0.25, -0.2) is 0 Å². The number of amides is 2. The third-order valence-electron chi connectivity index (χ3n) is 5.56. The normalized spacial score (nSPS) is 12.9. The number of carbonyl (C=O) groups excluding carboxylic acids is 2. The molecule has 0 bridgehead atoms. The second-order valence-electron chi connectivity index (χ2n) is 8.09. The van der Waals surface area contributed by atoms with Gasteiger partial charge in [0.25, 0.3) is 0 Å². The summed E-state index contributed by atoms with van der Waals surface area (Å²) in [5.74, 6) is 5.79. The van der Waals surface area contributed by atoms with E-state index < -0.39 is 6.04 Å². The monoisotopic (exact) mass is 488 g/mol. The van der Waals surface area contributed by atoms with Gasteiger partial charge in [0.2, 0.25) is 18.6 Å². The number of rotatable bonds is 11. The summed E-state index contributed by atoms with van der Waals surface area (Å²) < 4.78 is 10.9. The number of hydrazone groups is 1. The van der Waals surface area contributed by atoms with Crippen LogP contribution in [0.25, 0.3) is 0 Å². The molecule has 5 N–H and O–H groups in total. The smallest absolute Gasteiger partial charge is 0.242 e. The topological polar surface area (TPSA) is 140 Å². The summed E-state index contributed by atoms with van der Waals surface area (Å²) in [6.07, 6.45) is 3.88. The Kier molecular flexibility index (Phi) is 8.44. The minimum Gasteiger partial charge on any atom is -0.454 e. The Labute approximate surface area is 208 Å². The molecule has 2 heterocycles. The summed E-state index contributed by atoms with van der Waals surface area (Å²) in [5.41, 5.74) is 3.42. The number of nitrogens with one attached hydrogen (secondary N) is 3. The van der Waals surface area contributed by atoms with Gasteiger partial charge in [-0.2, -0.15) is 5.10 Å². The van der Waals surface area contributed by atoms with Crippen LogP contribution in [-0.2, 0) is 22.6 Å². The van der Waals surface area contributed by atoms with Crippen LogP contribution in [0.2, 0.25) is 0 Å². The molecule has 186 valence electrons. The molecule has 0 aliphatic carbocycles. The van der Waals surface area contributed by atoms with E-state index in [0.29, 0.717) is 36.6 Å². The van der Waals surface area contributed by atoms with Crippen LogP contribution in [0.3, 0.4) is 0 Å². The highest BCUT2D eigenvalue weighted by Gasteiger charge is 2.24. The van der Waals surface area contributed by atoms with Gasteiger partial charge in [0.15, 0.2) is 11.5 Å². The molecule has 10 nitrogen and oxygen atoms in total. The standard InChI is InChI=1S/C26H28N6O4/c27-32-15-19-6-4-18(5-7-19)14-30-25(20-8-9-22-23(13-20)36-17-35-22)26(34)31-16-24(33)29-12-10-21-3-1-2-11-28-21/h1-9,11,13,15,25,30H,10,12,14,16-17,27H2,(H,29,33)(H,31,34). The quantitative estimate of drug-likeness (QED) is 0.182. The van der Waals surface area contributed by atoms with Crippen LogP contribution in [0.15, 0.2) is 72.0 Å². The van der Waals surface area contributed by atoms with Crippen LogP contribution in [-0.4, -0.2) is 42.9 Å². The van der Waals surface area contributed by atoms with Crippen molar-refractivity contribution in [3.63, 3.8) is 0 Å². The summed E-state index contributed by atoms with van der Waals surface area (Å²) in [7, 11) is 0. The van der Waals surface area contributed by atoms with E-state index in [1.807, 2.05) is 42.5 Å². The molecule has 2 amide bonds. The lowest BCUT2D eigenvalue weighted by Gasteiger charge is -2.19. The van der Waals surface area contributed by atoms with E-state index in [-0.39, 0.29) is 25.2 Å². The second kappa shape index (κ2) is 12.3. The number of carbonyl (C=O) groups is 2. The Morgan fingerprint density at radius 1 is 1.06 bits per heavy atom. The number of pyridine rings is 1. The number of fused-ring (bicyclic) bond motifs is 1. The molecule has 0 saturated carbocycles. The first-order valence-electron chi connectivity index (χ1n) is 11.5. The summed E-state index contributed by atoms with van der Waals surface area (Å²) in [6.45, 7) is 0.848. The van der Waals surface area contributed by atoms with Crippen molar-refractivity contribution in [2.24, 2.45) is 10.9 Å². The molecule has 1 unspecified atom stereocenters. The molecule has 2 aromatic carbocycles. The van der Waals surface area contributed by atoms with Crippen molar-refractivity contribution < 1.29 is 19.1 Å². The molecular weight excluding hydrogens is 460 g/mol. The van der Waals surface area contributed by atoms with Crippen LogP contribution in [0.5, 0.6) is 11.5 Å². The van der Waals surface area contributed by atoms with Crippen LogP contribution < -0.4 is 31.3 Å².